The molecule has 1 atom stereocenters. The van der Waals surface area contributed by atoms with E-state index in [9.17, 15) is 5.11 Å². The first-order valence-corrected chi connectivity index (χ1v) is 5.55. The molecule has 1 aliphatic heterocycles. The molecule has 0 spiro atoms. The van der Waals surface area contributed by atoms with Crippen LogP contribution in [0.4, 0.5) is 0 Å². The van der Waals surface area contributed by atoms with E-state index in [2.05, 4.69) is 18.7 Å². The van der Waals surface area contributed by atoms with E-state index < -0.39 is 0 Å². The van der Waals surface area contributed by atoms with Gasteiger partial charge in [-0.25, -0.2) is 0 Å². The molecule has 0 aromatic carbocycles. The van der Waals surface area contributed by atoms with Crippen LogP contribution in [0.25, 0.3) is 0 Å². The summed E-state index contributed by atoms with van der Waals surface area (Å²) in [6, 6.07) is 0. The first-order valence-electron chi connectivity index (χ1n) is 5.55. The number of nitrogens with zero attached hydrogens (tertiary/aromatic N) is 1. The van der Waals surface area contributed by atoms with Crippen molar-refractivity contribution in [1.82, 2.24) is 4.90 Å². The van der Waals surface area contributed by atoms with E-state index in [1.807, 2.05) is 0 Å². The lowest BCUT2D eigenvalue weighted by Gasteiger charge is -2.23. The standard InChI is InChI=1S/C11H21NO/c1-9(2)7-12-6-5-11(13,8-12)10-3-4-10/h9-10,13H,3-8H2,1-2H3. The SMILES string of the molecule is CC(C)CN1CCC(O)(C2CC2)C1. The average Bonchev–Trinajstić information content (AvgIpc) is 2.78. The van der Waals surface area contributed by atoms with E-state index in [4.69, 9.17) is 0 Å². The van der Waals surface area contributed by atoms with Crippen molar-refractivity contribution < 1.29 is 5.11 Å². The Hall–Kier alpha value is -0.0800. The van der Waals surface area contributed by atoms with E-state index in [1.54, 1.807) is 0 Å². The fourth-order valence-corrected chi connectivity index (χ4v) is 2.52. The van der Waals surface area contributed by atoms with Gasteiger partial charge in [-0.3, -0.25) is 0 Å². The summed E-state index contributed by atoms with van der Waals surface area (Å²) in [6.07, 6.45) is 3.52. The Bertz CT molecular complexity index is 189. The van der Waals surface area contributed by atoms with Gasteiger partial charge in [0.25, 0.3) is 0 Å². The molecule has 0 amide bonds. The molecule has 2 aliphatic rings. The van der Waals surface area contributed by atoms with Gasteiger partial charge >= 0.3 is 0 Å². The minimum absolute atomic E-state index is 0.311. The van der Waals surface area contributed by atoms with E-state index in [-0.39, 0.29) is 5.60 Å². The summed E-state index contributed by atoms with van der Waals surface area (Å²) in [6.45, 7) is 7.67. The number of β-amino-alcohol motifs (C(OH)–C–C–N with tert-alkyl or cyclic N) is 1. The summed E-state index contributed by atoms with van der Waals surface area (Å²) < 4.78 is 0. The van der Waals surface area contributed by atoms with Crippen LogP contribution in [0, 0.1) is 11.8 Å². The maximum atomic E-state index is 10.3. The molecule has 1 aliphatic carbocycles. The summed E-state index contributed by atoms with van der Waals surface area (Å²) in [7, 11) is 0. The molecule has 2 fully saturated rings. The third-order valence-corrected chi connectivity index (χ3v) is 3.32. The van der Waals surface area contributed by atoms with Crippen molar-refractivity contribution in [2.75, 3.05) is 19.6 Å². The molecule has 1 saturated heterocycles. The monoisotopic (exact) mass is 183 g/mol. The van der Waals surface area contributed by atoms with Crippen LogP contribution in [0.3, 0.4) is 0 Å². The Labute approximate surface area is 80.9 Å². The lowest BCUT2D eigenvalue weighted by Crippen LogP contribution is -2.36. The maximum absolute atomic E-state index is 10.3. The largest absolute Gasteiger partial charge is 0.388 e. The second-order valence-corrected chi connectivity index (χ2v) is 5.26. The van der Waals surface area contributed by atoms with Gasteiger partial charge in [0.2, 0.25) is 0 Å². The van der Waals surface area contributed by atoms with Crippen molar-refractivity contribution in [3.8, 4) is 0 Å². The second kappa shape index (κ2) is 3.25. The number of likely N-dealkylation sites (tertiary alicyclic amines) is 1. The van der Waals surface area contributed by atoms with E-state index >= 15 is 0 Å². The normalized spacial score (nSPS) is 36.0. The Balaban J connectivity index is 1.85. The molecule has 0 bridgehead atoms. The summed E-state index contributed by atoms with van der Waals surface area (Å²) in [4.78, 5) is 2.42. The van der Waals surface area contributed by atoms with Crippen molar-refractivity contribution >= 4 is 0 Å². The molecule has 1 unspecified atom stereocenters. The van der Waals surface area contributed by atoms with Crippen LogP contribution in [0.1, 0.15) is 33.1 Å². The molecule has 0 aromatic heterocycles. The summed E-state index contributed by atoms with van der Waals surface area (Å²) in [5.41, 5.74) is -0.311. The Morgan fingerprint density at radius 1 is 1.46 bits per heavy atom. The summed E-state index contributed by atoms with van der Waals surface area (Å²) >= 11 is 0. The molecular formula is C11H21NO. The van der Waals surface area contributed by atoms with Crippen LogP contribution < -0.4 is 0 Å². The van der Waals surface area contributed by atoms with Crippen molar-refractivity contribution in [2.45, 2.75) is 38.7 Å². The molecule has 0 aromatic rings. The van der Waals surface area contributed by atoms with Crippen molar-refractivity contribution in [3.05, 3.63) is 0 Å². The molecule has 13 heavy (non-hydrogen) atoms. The topological polar surface area (TPSA) is 23.5 Å². The third-order valence-electron chi connectivity index (χ3n) is 3.32. The smallest absolute Gasteiger partial charge is 0.0814 e. The zero-order valence-electron chi connectivity index (χ0n) is 8.79. The zero-order chi connectivity index (χ0) is 9.47. The van der Waals surface area contributed by atoms with Gasteiger partial charge < -0.3 is 10.0 Å². The second-order valence-electron chi connectivity index (χ2n) is 5.26. The van der Waals surface area contributed by atoms with Gasteiger partial charge in [0, 0.05) is 19.6 Å². The van der Waals surface area contributed by atoms with Crippen LogP contribution in [0.5, 0.6) is 0 Å². The van der Waals surface area contributed by atoms with Crippen LogP contribution in [0.2, 0.25) is 0 Å². The van der Waals surface area contributed by atoms with Crippen molar-refractivity contribution in [2.24, 2.45) is 11.8 Å². The minimum Gasteiger partial charge on any atom is -0.388 e. The molecular weight excluding hydrogens is 162 g/mol. The lowest BCUT2D eigenvalue weighted by atomic mass is 9.97. The van der Waals surface area contributed by atoms with Gasteiger partial charge in [-0.15, -0.1) is 0 Å². The highest BCUT2D eigenvalue weighted by atomic mass is 16.3. The van der Waals surface area contributed by atoms with Gasteiger partial charge in [-0.2, -0.15) is 0 Å². The van der Waals surface area contributed by atoms with Crippen molar-refractivity contribution in [3.63, 3.8) is 0 Å². The maximum Gasteiger partial charge on any atom is 0.0814 e. The average molecular weight is 183 g/mol. The fraction of sp³-hybridized carbons (Fsp3) is 1.00. The number of rotatable bonds is 3. The molecule has 2 nitrogen and oxygen atoms in total. The fourth-order valence-electron chi connectivity index (χ4n) is 2.52. The molecule has 2 rings (SSSR count). The van der Waals surface area contributed by atoms with Gasteiger partial charge in [0.1, 0.15) is 0 Å². The van der Waals surface area contributed by atoms with Crippen LogP contribution in [-0.2, 0) is 0 Å². The Kier molecular flexibility index (Phi) is 2.37. The van der Waals surface area contributed by atoms with Gasteiger partial charge in [-0.1, -0.05) is 13.8 Å². The Morgan fingerprint density at radius 3 is 2.69 bits per heavy atom. The molecule has 2 heteroatoms. The van der Waals surface area contributed by atoms with Crippen molar-refractivity contribution in [1.29, 1.82) is 0 Å². The first-order chi connectivity index (χ1) is 6.10. The zero-order valence-corrected chi connectivity index (χ0v) is 8.79. The molecule has 76 valence electrons. The summed E-state index contributed by atoms with van der Waals surface area (Å²) in [5.74, 6) is 1.35. The predicted octanol–water partition coefficient (Wildman–Crippen LogP) is 1.49. The van der Waals surface area contributed by atoms with E-state index in [0.29, 0.717) is 5.92 Å². The van der Waals surface area contributed by atoms with Gasteiger partial charge in [0.15, 0.2) is 0 Å². The minimum atomic E-state index is -0.311. The predicted molar refractivity (Wildman–Crippen MR) is 53.6 cm³/mol. The lowest BCUT2D eigenvalue weighted by molar-refractivity contribution is 0.0261. The molecule has 0 radical (unpaired) electrons. The highest BCUT2D eigenvalue weighted by molar-refractivity contribution is 5.00. The summed E-state index contributed by atoms with van der Waals surface area (Å²) in [5, 5.41) is 10.3. The Morgan fingerprint density at radius 2 is 2.15 bits per heavy atom. The molecule has 1 N–H and O–H groups in total. The van der Waals surface area contributed by atoms with E-state index in [1.165, 1.54) is 12.8 Å². The highest BCUT2D eigenvalue weighted by Gasteiger charge is 2.47. The van der Waals surface area contributed by atoms with E-state index in [0.717, 1.165) is 32.0 Å². The van der Waals surface area contributed by atoms with Gasteiger partial charge in [-0.05, 0) is 31.1 Å². The quantitative estimate of drug-likeness (QED) is 0.716. The number of hydrogen-bond acceptors (Lipinski definition) is 2. The van der Waals surface area contributed by atoms with Crippen LogP contribution in [-0.4, -0.2) is 35.2 Å². The van der Waals surface area contributed by atoms with Crippen LogP contribution in [0.15, 0.2) is 0 Å². The third kappa shape index (κ3) is 2.05. The number of aliphatic hydroxyl groups is 1. The number of hydrogen-bond donors (Lipinski definition) is 1. The van der Waals surface area contributed by atoms with Gasteiger partial charge in [0.05, 0.1) is 5.60 Å². The molecule has 1 heterocycles. The van der Waals surface area contributed by atoms with Crippen LogP contribution >= 0.6 is 0 Å². The highest BCUT2D eigenvalue weighted by Crippen LogP contribution is 2.44. The molecule has 1 saturated carbocycles. The first kappa shape index (κ1) is 9.47.